The molecule has 5 heteroatoms. The molecule has 1 nitrogen and oxygen atoms in total. The fourth-order valence-corrected chi connectivity index (χ4v) is 3.86. The van der Waals surface area contributed by atoms with E-state index in [1.807, 2.05) is 30.3 Å². The van der Waals surface area contributed by atoms with Gasteiger partial charge in [-0.2, -0.15) is 0 Å². The Morgan fingerprint density at radius 3 is 2.35 bits per heavy atom. The number of benzene rings is 1. The van der Waals surface area contributed by atoms with E-state index in [0.29, 0.717) is 0 Å². The van der Waals surface area contributed by atoms with Crippen LogP contribution in [0, 0.1) is 0 Å². The molecule has 1 aromatic heterocycles. The number of halogens is 3. The molecule has 1 unspecified atom stereocenters. The van der Waals surface area contributed by atoms with Crippen LogP contribution in [0.25, 0.3) is 0 Å². The van der Waals surface area contributed by atoms with Gasteiger partial charge in [0, 0.05) is 9.35 Å². The molecule has 0 aliphatic heterocycles. The van der Waals surface area contributed by atoms with Crippen LogP contribution < -0.4 is 4.74 Å². The molecule has 0 aliphatic carbocycles. The van der Waals surface area contributed by atoms with Crippen molar-refractivity contribution >= 4 is 54.8 Å². The monoisotopic (exact) mass is 394 g/mol. The Hall–Kier alpha value is -0.0300. The zero-order valence-corrected chi connectivity index (χ0v) is 13.7. The van der Waals surface area contributed by atoms with Crippen LogP contribution in [-0.2, 0) is 0 Å². The molecule has 90 valence electrons. The lowest BCUT2D eigenvalue weighted by atomic mass is 10.1. The Morgan fingerprint density at radius 1 is 1.24 bits per heavy atom. The zero-order valence-electron chi connectivity index (χ0n) is 8.91. The molecule has 1 atom stereocenters. The summed E-state index contributed by atoms with van der Waals surface area (Å²) in [6, 6.07) is 9.84. The topological polar surface area (TPSA) is 9.23 Å². The van der Waals surface area contributed by atoms with Gasteiger partial charge in [-0.1, -0.05) is 12.1 Å². The first-order valence-electron chi connectivity index (χ1n) is 4.84. The predicted octanol–water partition coefficient (Wildman–Crippen LogP) is 5.61. The van der Waals surface area contributed by atoms with Crippen molar-refractivity contribution in [1.29, 1.82) is 0 Å². The third-order valence-electron chi connectivity index (χ3n) is 2.32. The smallest absolute Gasteiger partial charge is 0.118 e. The van der Waals surface area contributed by atoms with Gasteiger partial charge in [-0.25, -0.2) is 0 Å². The average molecular weight is 397 g/mol. The molecular weight excluding hydrogens is 387 g/mol. The van der Waals surface area contributed by atoms with Crippen LogP contribution in [0.2, 0.25) is 0 Å². The lowest BCUT2D eigenvalue weighted by Crippen LogP contribution is -1.90. The first kappa shape index (κ1) is 13.4. The van der Waals surface area contributed by atoms with Crippen molar-refractivity contribution in [2.45, 2.75) is 5.38 Å². The largest absolute Gasteiger partial charge is 0.497 e. The first-order valence-corrected chi connectivity index (χ1v) is 7.68. The third-order valence-corrected chi connectivity index (χ3v) is 6.26. The van der Waals surface area contributed by atoms with Crippen LogP contribution in [0.3, 0.4) is 0 Å². The van der Waals surface area contributed by atoms with E-state index in [1.54, 1.807) is 18.4 Å². The van der Waals surface area contributed by atoms with Gasteiger partial charge in [0.2, 0.25) is 0 Å². The highest BCUT2D eigenvalue weighted by atomic mass is 79.9. The van der Waals surface area contributed by atoms with E-state index in [0.717, 1.165) is 24.4 Å². The molecule has 0 spiro atoms. The highest BCUT2D eigenvalue weighted by Crippen LogP contribution is 2.40. The molecular formula is C12H9Br2ClOS. The highest BCUT2D eigenvalue weighted by molar-refractivity contribution is 9.13. The van der Waals surface area contributed by atoms with Gasteiger partial charge in [0.25, 0.3) is 0 Å². The van der Waals surface area contributed by atoms with Gasteiger partial charge in [0.05, 0.1) is 16.3 Å². The summed E-state index contributed by atoms with van der Waals surface area (Å²) in [5, 5.41) is -0.131. The summed E-state index contributed by atoms with van der Waals surface area (Å²) in [5.41, 5.74) is 1.06. The minimum Gasteiger partial charge on any atom is -0.497 e. The molecule has 0 saturated heterocycles. The van der Waals surface area contributed by atoms with E-state index in [-0.39, 0.29) is 5.38 Å². The molecule has 2 aromatic rings. The summed E-state index contributed by atoms with van der Waals surface area (Å²) in [6.45, 7) is 0. The van der Waals surface area contributed by atoms with Gasteiger partial charge in [-0.05, 0) is 55.6 Å². The van der Waals surface area contributed by atoms with Gasteiger partial charge >= 0.3 is 0 Å². The van der Waals surface area contributed by atoms with Gasteiger partial charge in [-0.3, -0.25) is 0 Å². The Bertz CT molecular complexity index is 490. The number of ether oxygens (including phenoxy) is 1. The van der Waals surface area contributed by atoms with E-state index in [9.17, 15) is 0 Å². The van der Waals surface area contributed by atoms with E-state index < -0.39 is 0 Å². The highest BCUT2D eigenvalue weighted by Gasteiger charge is 2.15. The number of alkyl halides is 1. The van der Waals surface area contributed by atoms with Gasteiger partial charge in [0.15, 0.2) is 0 Å². The molecule has 0 bridgehead atoms. The molecule has 0 N–H and O–H groups in total. The van der Waals surface area contributed by atoms with Crippen molar-refractivity contribution in [3.63, 3.8) is 0 Å². The molecule has 1 aromatic carbocycles. The first-order chi connectivity index (χ1) is 8.11. The number of thiophene rings is 1. The van der Waals surface area contributed by atoms with Crippen LogP contribution in [0.15, 0.2) is 38.6 Å². The second kappa shape index (κ2) is 5.74. The summed E-state index contributed by atoms with van der Waals surface area (Å²) in [5.74, 6) is 0.839. The van der Waals surface area contributed by atoms with Crippen LogP contribution >= 0.6 is 54.8 Å². The van der Waals surface area contributed by atoms with Crippen LogP contribution in [-0.4, -0.2) is 7.11 Å². The summed E-state index contributed by atoms with van der Waals surface area (Å²) in [7, 11) is 1.65. The summed E-state index contributed by atoms with van der Waals surface area (Å²) < 4.78 is 7.22. The van der Waals surface area contributed by atoms with Gasteiger partial charge < -0.3 is 4.74 Å². The van der Waals surface area contributed by atoms with Crippen molar-refractivity contribution < 1.29 is 4.74 Å². The predicted molar refractivity (Wildman–Crippen MR) is 80.4 cm³/mol. The molecule has 0 amide bonds. The summed E-state index contributed by atoms with van der Waals surface area (Å²) in [4.78, 5) is 1.11. The molecule has 0 radical (unpaired) electrons. The molecule has 1 heterocycles. The van der Waals surface area contributed by atoms with Gasteiger partial charge in [-0.15, -0.1) is 22.9 Å². The van der Waals surface area contributed by atoms with Gasteiger partial charge in [0.1, 0.15) is 5.75 Å². The second-order valence-corrected chi connectivity index (χ2v) is 7.10. The number of hydrogen-bond donors (Lipinski definition) is 0. The van der Waals surface area contributed by atoms with Crippen molar-refractivity contribution in [2.75, 3.05) is 7.11 Å². The molecule has 0 saturated carbocycles. The Kier molecular flexibility index (Phi) is 4.53. The van der Waals surface area contributed by atoms with Crippen molar-refractivity contribution in [2.24, 2.45) is 0 Å². The zero-order chi connectivity index (χ0) is 12.4. The maximum Gasteiger partial charge on any atom is 0.118 e. The standard InChI is InChI=1S/C12H9Br2ClOS/c1-16-8-4-2-7(3-5-8)11(15)10-6-9(13)12(14)17-10/h2-6,11H,1H3. The minimum atomic E-state index is -0.131. The second-order valence-electron chi connectivity index (χ2n) is 3.41. The Morgan fingerprint density at radius 2 is 1.88 bits per heavy atom. The molecule has 0 fully saturated rings. The summed E-state index contributed by atoms with van der Waals surface area (Å²) >= 11 is 15.0. The number of hydrogen-bond acceptors (Lipinski definition) is 2. The lowest BCUT2D eigenvalue weighted by Gasteiger charge is -2.08. The molecule has 2 rings (SSSR count). The maximum atomic E-state index is 6.44. The minimum absolute atomic E-state index is 0.131. The van der Waals surface area contributed by atoms with E-state index in [2.05, 4.69) is 31.9 Å². The van der Waals surface area contributed by atoms with E-state index in [1.165, 1.54) is 0 Å². The van der Waals surface area contributed by atoms with Crippen molar-refractivity contribution in [3.8, 4) is 5.75 Å². The fourth-order valence-electron chi connectivity index (χ4n) is 1.43. The van der Waals surface area contributed by atoms with Crippen molar-refractivity contribution in [1.82, 2.24) is 0 Å². The Labute approximate surface area is 126 Å². The van der Waals surface area contributed by atoms with E-state index in [4.69, 9.17) is 16.3 Å². The Balaban J connectivity index is 2.26. The maximum absolute atomic E-state index is 6.44. The number of methoxy groups -OCH3 is 1. The van der Waals surface area contributed by atoms with Crippen LogP contribution in [0.4, 0.5) is 0 Å². The molecule has 0 aliphatic rings. The SMILES string of the molecule is COc1ccc(C(Cl)c2cc(Br)c(Br)s2)cc1. The molecule has 17 heavy (non-hydrogen) atoms. The quantitative estimate of drug-likeness (QED) is 0.613. The fraction of sp³-hybridized carbons (Fsp3) is 0.167. The summed E-state index contributed by atoms with van der Waals surface area (Å²) in [6.07, 6.45) is 0. The van der Waals surface area contributed by atoms with Crippen LogP contribution in [0.5, 0.6) is 5.75 Å². The van der Waals surface area contributed by atoms with Crippen molar-refractivity contribution in [3.05, 3.63) is 49.0 Å². The van der Waals surface area contributed by atoms with E-state index >= 15 is 0 Å². The normalized spacial score (nSPS) is 12.5. The third kappa shape index (κ3) is 3.05. The average Bonchev–Trinajstić information content (AvgIpc) is 2.69. The van der Waals surface area contributed by atoms with Crippen LogP contribution in [0.1, 0.15) is 15.8 Å². The number of rotatable bonds is 3. The lowest BCUT2D eigenvalue weighted by molar-refractivity contribution is 0.414.